The van der Waals surface area contributed by atoms with E-state index in [0.29, 0.717) is 36.8 Å². The predicted octanol–water partition coefficient (Wildman–Crippen LogP) is 2.02. The quantitative estimate of drug-likeness (QED) is 0.861. The highest BCUT2D eigenvalue weighted by Gasteiger charge is 2.43. The molecule has 0 bridgehead atoms. The summed E-state index contributed by atoms with van der Waals surface area (Å²) >= 11 is 0. The Kier molecular flexibility index (Phi) is 3.15. The van der Waals surface area contributed by atoms with Gasteiger partial charge in [0.1, 0.15) is 5.78 Å². The van der Waals surface area contributed by atoms with Crippen molar-refractivity contribution in [3.63, 3.8) is 0 Å². The number of benzene rings is 1. The summed E-state index contributed by atoms with van der Waals surface area (Å²) in [5.74, 6) is -0.798. The number of rotatable bonds is 2. The van der Waals surface area contributed by atoms with Crippen LogP contribution in [0.2, 0.25) is 0 Å². The molecule has 0 unspecified atom stereocenters. The molecule has 0 aliphatic heterocycles. The van der Waals surface area contributed by atoms with Gasteiger partial charge in [0.25, 0.3) is 0 Å². The van der Waals surface area contributed by atoms with Crippen LogP contribution in [0.4, 0.5) is 0 Å². The summed E-state index contributed by atoms with van der Waals surface area (Å²) < 4.78 is 0. The van der Waals surface area contributed by atoms with Gasteiger partial charge in [0.15, 0.2) is 0 Å². The number of carbonyl (C=O) groups is 2. The molecular formula is C14H13NO3. The topological polar surface area (TPSA) is 78.2 Å². The Morgan fingerprint density at radius 1 is 1.33 bits per heavy atom. The average Bonchev–Trinajstić information content (AvgIpc) is 2.39. The molecule has 0 spiro atoms. The lowest BCUT2D eigenvalue weighted by atomic mass is 9.69. The normalized spacial score (nSPS) is 18.1. The molecule has 0 saturated heterocycles. The monoisotopic (exact) mass is 243 g/mol. The maximum absolute atomic E-state index is 11.6. The second-order valence-corrected chi connectivity index (χ2v) is 4.62. The van der Waals surface area contributed by atoms with Gasteiger partial charge in [-0.05, 0) is 30.5 Å². The van der Waals surface area contributed by atoms with Crippen molar-refractivity contribution in [3.05, 3.63) is 35.4 Å². The second-order valence-electron chi connectivity index (χ2n) is 4.62. The first-order valence-corrected chi connectivity index (χ1v) is 5.84. The smallest absolute Gasteiger partial charge is 0.314 e. The lowest BCUT2D eigenvalue weighted by Gasteiger charge is -2.33. The van der Waals surface area contributed by atoms with Gasteiger partial charge in [-0.25, -0.2) is 0 Å². The Morgan fingerprint density at radius 2 is 2.00 bits per heavy atom. The number of carbonyl (C=O) groups excluding carboxylic acids is 1. The lowest BCUT2D eigenvalue weighted by Crippen LogP contribution is -2.39. The zero-order chi connectivity index (χ0) is 13.2. The fraction of sp³-hybridized carbons (Fsp3) is 0.357. The van der Waals surface area contributed by atoms with Crippen molar-refractivity contribution in [1.82, 2.24) is 0 Å². The van der Waals surface area contributed by atoms with Crippen LogP contribution in [-0.2, 0) is 15.0 Å². The van der Waals surface area contributed by atoms with E-state index in [0.717, 1.165) is 0 Å². The lowest BCUT2D eigenvalue weighted by molar-refractivity contribution is -0.146. The number of aliphatic carboxylic acids is 1. The average molecular weight is 243 g/mol. The van der Waals surface area contributed by atoms with E-state index >= 15 is 0 Å². The van der Waals surface area contributed by atoms with E-state index in [-0.39, 0.29) is 5.78 Å². The molecule has 0 heterocycles. The summed E-state index contributed by atoms with van der Waals surface area (Å²) in [5.41, 5.74) is 0.0624. The van der Waals surface area contributed by atoms with E-state index in [1.54, 1.807) is 24.3 Å². The number of carboxylic acids is 1. The number of hydrogen-bond acceptors (Lipinski definition) is 3. The Balaban J connectivity index is 2.45. The third kappa shape index (κ3) is 2.00. The van der Waals surface area contributed by atoms with Crippen molar-refractivity contribution in [1.29, 1.82) is 5.26 Å². The molecule has 1 aliphatic carbocycles. The van der Waals surface area contributed by atoms with E-state index in [2.05, 4.69) is 0 Å². The molecule has 1 aromatic rings. The minimum atomic E-state index is -1.01. The molecule has 0 aromatic heterocycles. The molecular weight excluding hydrogens is 230 g/mol. The fourth-order valence-electron chi connectivity index (χ4n) is 2.47. The van der Waals surface area contributed by atoms with Crippen molar-refractivity contribution in [2.45, 2.75) is 31.1 Å². The molecule has 4 heteroatoms. The number of hydrogen-bond donors (Lipinski definition) is 1. The number of nitriles is 1. The van der Waals surface area contributed by atoms with Gasteiger partial charge in [0.05, 0.1) is 17.0 Å². The van der Waals surface area contributed by atoms with E-state index in [9.17, 15) is 14.7 Å². The Bertz CT molecular complexity index is 532. The van der Waals surface area contributed by atoms with Gasteiger partial charge in [0.2, 0.25) is 0 Å². The minimum absolute atomic E-state index is 0.114. The summed E-state index contributed by atoms with van der Waals surface area (Å²) in [6.07, 6.45) is 1.22. The molecule has 1 fully saturated rings. The zero-order valence-electron chi connectivity index (χ0n) is 9.85. The van der Waals surface area contributed by atoms with Crippen LogP contribution >= 0.6 is 0 Å². The van der Waals surface area contributed by atoms with Gasteiger partial charge < -0.3 is 5.11 Å². The van der Waals surface area contributed by atoms with Crippen molar-refractivity contribution in [3.8, 4) is 6.07 Å². The van der Waals surface area contributed by atoms with Gasteiger partial charge in [0, 0.05) is 12.8 Å². The largest absolute Gasteiger partial charge is 0.481 e. The first-order valence-electron chi connectivity index (χ1n) is 5.84. The number of Topliss-reactive ketones (excluding diaryl/α,β-unsaturated/α-hetero) is 1. The van der Waals surface area contributed by atoms with E-state index in [1.807, 2.05) is 6.07 Å². The molecule has 0 radical (unpaired) electrons. The molecule has 1 saturated carbocycles. The van der Waals surface area contributed by atoms with Crippen molar-refractivity contribution < 1.29 is 14.7 Å². The van der Waals surface area contributed by atoms with Crippen LogP contribution in [-0.4, -0.2) is 16.9 Å². The highest BCUT2D eigenvalue weighted by Crippen LogP contribution is 2.38. The van der Waals surface area contributed by atoms with Crippen LogP contribution in [0.25, 0.3) is 0 Å². The maximum Gasteiger partial charge on any atom is 0.314 e. The number of carboxylic acid groups (broad SMARTS) is 1. The van der Waals surface area contributed by atoms with E-state index in [1.165, 1.54) is 0 Å². The van der Waals surface area contributed by atoms with E-state index in [4.69, 9.17) is 5.26 Å². The standard InChI is InChI=1S/C14H13NO3/c15-9-10-2-1-3-11(8-10)14(13(17)18)6-4-12(16)5-7-14/h1-3,8H,4-7H2,(H,17,18). The minimum Gasteiger partial charge on any atom is -0.481 e. The maximum atomic E-state index is 11.6. The van der Waals surface area contributed by atoms with Gasteiger partial charge >= 0.3 is 5.97 Å². The highest BCUT2D eigenvalue weighted by molar-refractivity contribution is 5.87. The molecule has 0 atom stereocenters. The number of ketones is 1. The SMILES string of the molecule is N#Cc1cccc(C2(C(=O)O)CCC(=O)CC2)c1. The van der Waals surface area contributed by atoms with Gasteiger partial charge in [-0.1, -0.05) is 12.1 Å². The molecule has 0 amide bonds. The Morgan fingerprint density at radius 3 is 2.56 bits per heavy atom. The summed E-state index contributed by atoms with van der Waals surface area (Å²) in [6.45, 7) is 0. The summed E-state index contributed by atoms with van der Waals surface area (Å²) in [6, 6.07) is 8.69. The summed E-state index contributed by atoms with van der Waals surface area (Å²) in [4.78, 5) is 22.9. The van der Waals surface area contributed by atoms with Gasteiger partial charge in [-0.3, -0.25) is 9.59 Å². The van der Waals surface area contributed by atoms with Gasteiger partial charge in [-0.2, -0.15) is 5.26 Å². The molecule has 92 valence electrons. The zero-order valence-corrected chi connectivity index (χ0v) is 9.85. The number of nitrogens with zero attached hydrogens (tertiary/aromatic N) is 1. The van der Waals surface area contributed by atoms with Crippen LogP contribution < -0.4 is 0 Å². The fourth-order valence-corrected chi connectivity index (χ4v) is 2.47. The molecule has 1 N–H and O–H groups in total. The van der Waals surface area contributed by atoms with Crippen LogP contribution in [0.15, 0.2) is 24.3 Å². The van der Waals surface area contributed by atoms with Crippen molar-refractivity contribution >= 4 is 11.8 Å². The third-order valence-corrected chi connectivity index (χ3v) is 3.61. The van der Waals surface area contributed by atoms with Crippen molar-refractivity contribution in [2.75, 3.05) is 0 Å². The van der Waals surface area contributed by atoms with E-state index < -0.39 is 11.4 Å². The summed E-state index contributed by atoms with van der Waals surface area (Å²) in [5, 5.41) is 18.4. The predicted molar refractivity (Wildman–Crippen MR) is 63.9 cm³/mol. The van der Waals surface area contributed by atoms with Crippen LogP contribution in [0.1, 0.15) is 36.8 Å². The third-order valence-electron chi connectivity index (χ3n) is 3.61. The molecule has 1 aliphatic rings. The second kappa shape index (κ2) is 4.61. The first kappa shape index (κ1) is 12.3. The van der Waals surface area contributed by atoms with Crippen LogP contribution in [0.5, 0.6) is 0 Å². The Hall–Kier alpha value is -2.15. The molecule has 1 aromatic carbocycles. The van der Waals surface area contributed by atoms with Gasteiger partial charge in [-0.15, -0.1) is 0 Å². The van der Waals surface area contributed by atoms with Crippen LogP contribution in [0.3, 0.4) is 0 Å². The molecule has 18 heavy (non-hydrogen) atoms. The van der Waals surface area contributed by atoms with Crippen molar-refractivity contribution in [2.24, 2.45) is 0 Å². The van der Waals surface area contributed by atoms with Crippen LogP contribution in [0, 0.1) is 11.3 Å². The Labute approximate surface area is 105 Å². The summed E-state index contributed by atoms with van der Waals surface area (Å²) in [7, 11) is 0. The first-order chi connectivity index (χ1) is 8.58. The molecule has 2 rings (SSSR count). The highest BCUT2D eigenvalue weighted by atomic mass is 16.4. The molecule has 4 nitrogen and oxygen atoms in total.